The van der Waals surface area contributed by atoms with E-state index in [9.17, 15) is 5.11 Å². The van der Waals surface area contributed by atoms with Crippen molar-refractivity contribution in [1.82, 2.24) is 9.55 Å². The number of hydrogen-bond donors (Lipinski definition) is 2. The third-order valence-electron chi connectivity index (χ3n) is 4.60. The molecule has 1 aliphatic rings. The van der Waals surface area contributed by atoms with Gasteiger partial charge in [-0.25, -0.2) is 4.98 Å². The highest BCUT2D eigenvalue weighted by atomic mass is 79.9. The van der Waals surface area contributed by atoms with E-state index in [2.05, 4.69) is 37.9 Å². The highest BCUT2D eigenvalue weighted by Gasteiger charge is 2.29. The molecule has 0 bridgehead atoms. The summed E-state index contributed by atoms with van der Waals surface area (Å²) < 4.78 is 3.08. The molecule has 1 aliphatic heterocycles. The number of rotatable bonds is 1. The molecule has 1 atom stereocenters. The van der Waals surface area contributed by atoms with Crippen molar-refractivity contribution in [2.45, 2.75) is 6.17 Å². The molecule has 122 valence electrons. The van der Waals surface area contributed by atoms with Crippen LogP contribution in [0, 0.1) is 0 Å². The number of aromatic hydroxyl groups is 1. The molecule has 5 rings (SSSR count). The molecule has 1 unspecified atom stereocenters. The van der Waals surface area contributed by atoms with Crippen LogP contribution in [-0.2, 0) is 0 Å². The molecule has 0 saturated carbocycles. The van der Waals surface area contributed by atoms with Gasteiger partial charge in [-0.05, 0) is 42.5 Å². The van der Waals surface area contributed by atoms with Crippen LogP contribution in [0.4, 0.5) is 5.69 Å². The molecule has 0 saturated heterocycles. The first-order valence-corrected chi connectivity index (χ1v) is 8.83. The van der Waals surface area contributed by atoms with Crippen molar-refractivity contribution >= 4 is 32.7 Å². The summed E-state index contributed by atoms with van der Waals surface area (Å²) in [7, 11) is 0. The summed E-state index contributed by atoms with van der Waals surface area (Å²) >= 11 is 3.51. The van der Waals surface area contributed by atoms with Crippen LogP contribution >= 0.6 is 15.9 Å². The van der Waals surface area contributed by atoms with Gasteiger partial charge in [0.05, 0.1) is 11.0 Å². The zero-order valence-corrected chi connectivity index (χ0v) is 14.7. The summed E-state index contributed by atoms with van der Waals surface area (Å²) in [5.74, 6) is 1.16. The molecular weight excluding hydrogens is 378 g/mol. The van der Waals surface area contributed by atoms with Crippen LogP contribution in [0.3, 0.4) is 0 Å². The fraction of sp³-hybridized carbons (Fsp3) is 0.0500. The number of nitrogens with one attached hydrogen (secondary N) is 1. The van der Waals surface area contributed by atoms with Gasteiger partial charge in [0.2, 0.25) is 0 Å². The third-order valence-corrected chi connectivity index (χ3v) is 5.09. The maximum atomic E-state index is 10.5. The van der Waals surface area contributed by atoms with E-state index in [1.165, 1.54) is 0 Å². The molecule has 2 N–H and O–H groups in total. The third kappa shape index (κ3) is 2.16. The molecular formula is C20H14BrN3O. The molecule has 4 nitrogen and oxygen atoms in total. The van der Waals surface area contributed by atoms with Crippen molar-refractivity contribution in [3.63, 3.8) is 0 Å². The first-order chi connectivity index (χ1) is 12.2. The lowest BCUT2D eigenvalue weighted by Crippen LogP contribution is -2.24. The number of phenols is 1. The fourth-order valence-electron chi connectivity index (χ4n) is 3.47. The Morgan fingerprint density at radius 2 is 1.80 bits per heavy atom. The largest absolute Gasteiger partial charge is 0.508 e. The fourth-order valence-corrected chi connectivity index (χ4v) is 3.85. The summed E-state index contributed by atoms with van der Waals surface area (Å²) in [5, 5.41) is 14.0. The van der Waals surface area contributed by atoms with Crippen LogP contribution in [-0.4, -0.2) is 14.7 Å². The minimum absolute atomic E-state index is 0.241. The van der Waals surface area contributed by atoms with Crippen molar-refractivity contribution < 1.29 is 5.11 Å². The van der Waals surface area contributed by atoms with Gasteiger partial charge in [-0.1, -0.05) is 40.2 Å². The van der Waals surface area contributed by atoms with E-state index >= 15 is 0 Å². The van der Waals surface area contributed by atoms with Crippen LogP contribution in [0.1, 0.15) is 11.7 Å². The van der Waals surface area contributed by atoms with Gasteiger partial charge in [-0.2, -0.15) is 0 Å². The molecule has 0 fully saturated rings. The topological polar surface area (TPSA) is 50.1 Å². The van der Waals surface area contributed by atoms with E-state index in [1.54, 1.807) is 6.07 Å². The number of halogens is 1. The molecule has 25 heavy (non-hydrogen) atoms. The van der Waals surface area contributed by atoms with Crippen molar-refractivity contribution in [3.05, 3.63) is 76.8 Å². The maximum absolute atomic E-state index is 10.5. The molecule has 3 aromatic carbocycles. The second kappa shape index (κ2) is 5.36. The predicted octanol–water partition coefficient (Wildman–Crippen LogP) is 5.14. The predicted molar refractivity (Wildman–Crippen MR) is 103 cm³/mol. The van der Waals surface area contributed by atoms with E-state index in [0.29, 0.717) is 0 Å². The van der Waals surface area contributed by atoms with Gasteiger partial charge in [0.15, 0.2) is 0 Å². The Kier molecular flexibility index (Phi) is 3.12. The normalized spacial score (nSPS) is 15.5. The highest BCUT2D eigenvalue weighted by Crippen LogP contribution is 2.42. The Hall–Kier alpha value is -2.79. The van der Waals surface area contributed by atoms with Gasteiger partial charge in [-0.15, -0.1) is 0 Å². The molecule has 0 aliphatic carbocycles. The lowest BCUT2D eigenvalue weighted by atomic mass is 10.0. The summed E-state index contributed by atoms with van der Waals surface area (Å²) in [5.41, 5.74) is 4.84. The van der Waals surface area contributed by atoms with Gasteiger partial charge in [0, 0.05) is 21.3 Å². The van der Waals surface area contributed by atoms with E-state index in [-0.39, 0.29) is 11.9 Å². The maximum Gasteiger partial charge on any atom is 0.145 e. The Balaban J connectivity index is 1.85. The number of fused-ring (bicyclic) bond motifs is 5. The minimum atomic E-state index is -0.241. The number of nitrogens with zero attached hydrogens (tertiary/aromatic N) is 2. The van der Waals surface area contributed by atoms with Gasteiger partial charge >= 0.3 is 0 Å². The summed E-state index contributed by atoms with van der Waals surface area (Å²) in [6.07, 6.45) is -0.241. The van der Waals surface area contributed by atoms with Crippen LogP contribution in [0.5, 0.6) is 5.75 Å². The molecule has 0 spiro atoms. The van der Waals surface area contributed by atoms with Crippen molar-refractivity contribution in [3.8, 4) is 17.1 Å². The molecule has 1 aromatic heterocycles. The van der Waals surface area contributed by atoms with Crippen LogP contribution < -0.4 is 5.32 Å². The first kappa shape index (κ1) is 14.5. The number of imidazole rings is 1. The average Bonchev–Trinajstić information content (AvgIpc) is 3.03. The van der Waals surface area contributed by atoms with E-state index in [1.807, 2.05) is 48.5 Å². The first-order valence-electron chi connectivity index (χ1n) is 8.04. The molecule has 4 aromatic rings. The van der Waals surface area contributed by atoms with Crippen molar-refractivity contribution in [1.29, 1.82) is 0 Å². The zero-order chi connectivity index (χ0) is 17.0. The Morgan fingerprint density at radius 1 is 1.00 bits per heavy atom. The molecule has 2 heterocycles. The highest BCUT2D eigenvalue weighted by molar-refractivity contribution is 9.10. The zero-order valence-electron chi connectivity index (χ0n) is 13.1. The van der Waals surface area contributed by atoms with Crippen LogP contribution in [0.25, 0.3) is 22.4 Å². The number of phenolic OH excluding ortho intramolecular Hbond substituents is 1. The van der Waals surface area contributed by atoms with Crippen LogP contribution in [0.2, 0.25) is 0 Å². The van der Waals surface area contributed by atoms with E-state index in [0.717, 1.165) is 38.1 Å². The molecule has 5 heteroatoms. The number of benzene rings is 3. The smallest absolute Gasteiger partial charge is 0.145 e. The number of para-hydroxylation sites is 3. The summed E-state index contributed by atoms with van der Waals surface area (Å²) in [6.45, 7) is 0. The van der Waals surface area contributed by atoms with Crippen molar-refractivity contribution in [2.24, 2.45) is 0 Å². The summed E-state index contributed by atoms with van der Waals surface area (Å²) in [4.78, 5) is 4.85. The van der Waals surface area contributed by atoms with Crippen molar-refractivity contribution in [2.75, 3.05) is 5.32 Å². The standard InChI is InChI=1S/C20H14BrN3O/c21-12-9-10-18(25)14(11-12)20-22-15-6-2-1-5-13(15)19-23-16-7-3-4-8-17(16)24(19)20/h1-11,20,22,25H. The Labute approximate surface area is 152 Å². The molecule has 0 amide bonds. The monoisotopic (exact) mass is 391 g/mol. The lowest BCUT2D eigenvalue weighted by Gasteiger charge is -2.30. The lowest BCUT2D eigenvalue weighted by molar-refractivity contribution is 0.459. The van der Waals surface area contributed by atoms with Gasteiger partial charge < -0.3 is 10.4 Å². The average molecular weight is 392 g/mol. The SMILES string of the molecule is Oc1ccc(Br)cc1C1Nc2ccccc2-c2nc3ccccc3n21. The number of anilines is 1. The Morgan fingerprint density at radius 3 is 2.72 bits per heavy atom. The van der Waals surface area contributed by atoms with E-state index < -0.39 is 0 Å². The van der Waals surface area contributed by atoms with Crippen LogP contribution in [0.15, 0.2) is 71.2 Å². The quantitative estimate of drug-likeness (QED) is 0.472. The number of hydrogen-bond acceptors (Lipinski definition) is 3. The van der Waals surface area contributed by atoms with Gasteiger partial charge in [0.1, 0.15) is 17.7 Å². The second-order valence-electron chi connectivity index (χ2n) is 6.09. The molecule has 0 radical (unpaired) electrons. The number of aromatic nitrogens is 2. The second-order valence-corrected chi connectivity index (χ2v) is 7.01. The Bertz CT molecular complexity index is 1120. The van der Waals surface area contributed by atoms with Gasteiger partial charge in [-0.3, -0.25) is 4.57 Å². The van der Waals surface area contributed by atoms with Gasteiger partial charge in [0.25, 0.3) is 0 Å². The minimum Gasteiger partial charge on any atom is -0.508 e. The van der Waals surface area contributed by atoms with E-state index in [4.69, 9.17) is 4.98 Å². The summed E-state index contributed by atoms with van der Waals surface area (Å²) in [6, 6.07) is 21.7.